The van der Waals surface area contributed by atoms with Gasteiger partial charge in [0.15, 0.2) is 0 Å². The van der Waals surface area contributed by atoms with E-state index in [2.05, 4.69) is 0 Å². The summed E-state index contributed by atoms with van der Waals surface area (Å²) in [4.78, 5) is 0.451. The molecule has 0 aromatic heterocycles. The highest BCUT2D eigenvalue weighted by Gasteiger charge is 2.31. The highest BCUT2D eigenvalue weighted by atomic mass is 35.5. The highest BCUT2D eigenvalue weighted by molar-refractivity contribution is 7.89. The predicted molar refractivity (Wildman–Crippen MR) is 83.9 cm³/mol. The fourth-order valence-electron chi connectivity index (χ4n) is 2.90. The molecule has 0 aliphatic carbocycles. The van der Waals surface area contributed by atoms with Gasteiger partial charge in [0.1, 0.15) is 0 Å². The maximum Gasteiger partial charge on any atom is 0.243 e. The van der Waals surface area contributed by atoms with Crippen LogP contribution in [0.4, 0.5) is 0 Å². The van der Waals surface area contributed by atoms with Crippen molar-refractivity contribution in [1.29, 1.82) is 0 Å². The van der Waals surface area contributed by atoms with E-state index in [0.717, 1.165) is 29.5 Å². The molecule has 1 heterocycles. The van der Waals surface area contributed by atoms with E-state index in [9.17, 15) is 8.42 Å². The highest BCUT2D eigenvalue weighted by Crippen LogP contribution is 2.27. The lowest BCUT2D eigenvalue weighted by molar-refractivity contribution is 0.316. The first-order valence-corrected chi connectivity index (χ1v) is 8.10. The van der Waals surface area contributed by atoms with Crippen LogP contribution in [0.25, 0.3) is 0 Å². The molecule has 114 valence electrons. The van der Waals surface area contributed by atoms with Crippen LogP contribution in [0.2, 0.25) is 0 Å². The smallest absolute Gasteiger partial charge is 0.243 e. The number of sulfonamides is 1. The van der Waals surface area contributed by atoms with Crippen molar-refractivity contribution in [3.8, 4) is 0 Å². The largest absolute Gasteiger partial charge is 0.327 e. The second-order valence-electron chi connectivity index (χ2n) is 5.49. The number of benzene rings is 1. The van der Waals surface area contributed by atoms with Crippen molar-refractivity contribution in [1.82, 2.24) is 4.31 Å². The van der Waals surface area contributed by atoms with Gasteiger partial charge in [0.25, 0.3) is 0 Å². The van der Waals surface area contributed by atoms with E-state index in [1.807, 2.05) is 32.9 Å². The summed E-state index contributed by atoms with van der Waals surface area (Å²) in [6, 6.07) is 3.79. The molecule has 1 aromatic rings. The summed E-state index contributed by atoms with van der Waals surface area (Å²) >= 11 is 0. The Morgan fingerprint density at radius 1 is 1.20 bits per heavy atom. The number of piperidine rings is 1. The zero-order valence-electron chi connectivity index (χ0n) is 12.2. The van der Waals surface area contributed by atoms with Crippen LogP contribution in [0.3, 0.4) is 0 Å². The van der Waals surface area contributed by atoms with Crippen LogP contribution < -0.4 is 5.73 Å². The fourth-order valence-corrected chi connectivity index (χ4v) is 4.84. The van der Waals surface area contributed by atoms with Crippen LogP contribution in [-0.4, -0.2) is 31.9 Å². The van der Waals surface area contributed by atoms with E-state index >= 15 is 0 Å². The molecule has 1 aromatic carbocycles. The summed E-state index contributed by atoms with van der Waals surface area (Å²) in [5.41, 5.74) is 8.61. The molecule has 1 aliphatic rings. The lowest BCUT2D eigenvalue weighted by Crippen LogP contribution is -2.45. The molecule has 2 rings (SSSR count). The van der Waals surface area contributed by atoms with Crippen LogP contribution in [0.1, 0.15) is 29.5 Å². The Labute approximate surface area is 127 Å². The molecule has 0 radical (unpaired) electrons. The average Bonchev–Trinajstić information content (AvgIpc) is 2.26. The molecule has 0 saturated carbocycles. The van der Waals surface area contributed by atoms with Crippen LogP contribution in [0, 0.1) is 20.8 Å². The van der Waals surface area contributed by atoms with E-state index in [-0.39, 0.29) is 18.4 Å². The minimum atomic E-state index is -3.42. The Morgan fingerprint density at radius 3 is 2.25 bits per heavy atom. The number of rotatable bonds is 2. The number of nitrogens with two attached hydrogens (primary N) is 1. The minimum Gasteiger partial charge on any atom is -0.327 e. The summed E-state index contributed by atoms with van der Waals surface area (Å²) < 4.78 is 27.0. The monoisotopic (exact) mass is 318 g/mol. The molecule has 1 saturated heterocycles. The van der Waals surface area contributed by atoms with E-state index < -0.39 is 10.0 Å². The summed E-state index contributed by atoms with van der Waals surface area (Å²) in [5.74, 6) is 0. The maximum atomic E-state index is 12.8. The van der Waals surface area contributed by atoms with Gasteiger partial charge in [-0.2, -0.15) is 4.31 Å². The Morgan fingerprint density at radius 2 is 1.75 bits per heavy atom. The van der Waals surface area contributed by atoms with Gasteiger partial charge in [-0.15, -0.1) is 12.4 Å². The number of hydrogen-bond acceptors (Lipinski definition) is 3. The third kappa shape index (κ3) is 3.34. The predicted octanol–water partition coefficient (Wildman–Crippen LogP) is 2.15. The number of hydrogen-bond donors (Lipinski definition) is 1. The molecule has 0 bridgehead atoms. The molecule has 0 spiro atoms. The van der Waals surface area contributed by atoms with Crippen molar-refractivity contribution in [2.24, 2.45) is 5.73 Å². The third-order valence-electron chi connectivity index (χ3n) is 3.62. The van der Waals surface area contributed by atoms with Gasteiger partial charge < -0.3 is 5.73 Å². The quantitative estimate of drug-likeness (QED) is 0.908. The normalized spacial score (nSPS) is 20.5. The molecule has 4 nitrogen and oxygen atoms in total. The SMILES string of the molecule is Cc1cc(C)c(S(=O)(=O)N2CCC[C@@H](N)C2)c(C)c1.Cl. The van der Waals surface area contributed by atoms with Gasteiger partial charge in [-0.3, -0.25) is 0 Å². The molecule has 0 unspecified atom stereocenters. The summed E-state index contributed by atoms with van der Waals surface area (Å²) in [6.07, 6.45) is 1.74. The zero-order chi connectivity index (χ0) is 14.2. The molecule has 2 N–H and O–H groups in total. The number of aryl methyl sites for hydroxylation is 3. The molecular weight excluding hydrogens is 296 g/mol. The van der Waals surface area contributed by atoms with Gasteiger partial charge in [-0.25, -0.2) is 8.42 Å². The third-order valence-corrected chi connectivity index (χ3v) is 5.79. The van der Waals surface area contributed by atoms with Gasteiger partial charge >= 0.3 is 0 Å². The molecular formula is C14H23ClN2O2S. The van der Waals surface area contributed by atoms with Gasteiger partial charge in [-0.05, 0) is 44.7 Å². The first-order chi connectivity index (χ1) is 8.82. The van der Waals surface area contributed by atoms with Crippen molar-refractivity contribution in [2.75, 3.05) is 13.1 Å². The molecule has 1 atom stereocenters. The molecule has 0 amide bonds. The van der Waals surface area contributed by atoms with Crippen LogP contribution in [0.5, 0.6) is 0 Å². The fraction of sp³-hybridized carbons (Fsp3) is 0.571. The van der Waals surface area contributed by atoms with E-state index in [0.29, 0.717) is 18.0 Å². The second-order valence-corrected chi connectivity index (χ2v) is 7.37. The number of nitrogens with zero attached hydrogens (tertiary/aromatic N) is 1. The Kier molecular flexibility index (Phi) is 5.61. The van der Waals surface area contributed by atoms with Crippen molar-refractivity contribution >= 4 is 22.4 Å². The van der Waals surface area contributed by atoms with Gasteiger partial charge in [0, 0.05) is 19.1 Å². The van der Waals surface area contributed by atoms with Gasteiger partial charge in [-0.1, -0.05) is 17.7 Å². The summed E-state index contributed by atoms with van der Waals surface area (Å²) in [7, 11) is -3.42. The van der Waals surface area contributed by atoms with Crippen molar-refractivity contribution in [3.63, 3.8) is 0 Å². The summed E-state index contributed by atoms with van der Waals surface area (Å²) in [5, 5.41) is 0. The van der Waals surface area contributed by atoms with Crippen LogP contribution >= 0.6 is 12.4 Å². The molecule has 1 fully saturated rings. The zero-order valence-corrected chi connectivity index (χ0v) is 13.9. The lowest BCUT2D eigenvalue weighted by atomic mass is 10.1. The first-order valence-electron chi connectivity index (χ1n) is 6.66. The van der Waals surface area contributed by atoms with Gasteiger partial charge in [0.2, 0.25) is 10.0 Å². The first kappa shape index (κ1) is 17.4. The standard InChI is InChI=1S/C14H22N2O2S.ClH/c1-10-7-11(2)14(12(3)8-10)19(17,18)16-6-4-5-13(15)9-16;/h7-8,13H,4-6,9,15H2,1-3H3;1H/t13-;/m1./s1. The average molecular weight is 319 g/mol. The second kappa shape index (κ2) is 6.43. The van der Waals surface area contributed by atoms with E-state index in [1.165, 1.54) is 4.31 Å². The summed E-state index contributed by atoms with van der Waals surface area (Å²) in [6.45, 7) is 6.69. The van der Waals surface area contributed by atoms with Crippen LogP contribution in [-0.2, 0) is 10.0 Å². The minimum absolute atomic E-state index is 0. The van der Waals surface area contributed by atoms with Crippen molar-refractivity contribution in [2.45, 2.75) is 44.6 Å². The van der Waals surface area contributed by atoms with E-state index in [4.69, 9.17) is 5.73 Å². The topological polar surface area (TPSA) is 63.4 Å². The van der Waals surface area contributed by atoms with Crippen molar-refractivity contribution < 1.29 is 8.42 Å². The van der Waals surface area contributed by atoms with Crippen LogP contribution in [0.15, 0.2) is 17.0 Å². The molecule has 1 aliphatic heterocycles. The molecule has 20 heavy (non-hydrogen) atoms. The van der Waals surface area contributed by atoms with E-state index in [1.54, 1.807) is 0 Å². The Bertz CT molecular complexity index is 564. The Hall–Kier alpha value is -0.620. The molecule has 6 heteroatoms. The maximum absolute atomic E-state index is 12.8. The van der Waals surface area contributed by atoms with Crippen molar-refractivity contribution in [3.05, 3.63) is 28.8 Å². The Balaban J connectivity index is 0.00000200. The lowest BCUT2D eigenvalue weighted by Gasteiger charge is -2.30. The number of halogens is 1. The van der Waals surface area contributed by atoms with Gasteiger partial charge in [0.05, 0.1) is 4.90 Å².